The lowest BCUT2D eigenvalue weighted by Crippen LogP contribution is -2.46. The second-order valence-electron chi connectivity index (χ2n) is 5.58. The molecule has 1 aromatic carbocycles. The molecule has 1 aliphatic rings. The molecule has 0 aromatic heterocycles. The number of rotatable bonds is 4. The Morgan fingerprint density at radius 2 is 1.90 bits per heavy atom. The molecule has 0 radical (unpaired) electrons. The van der Waals surface area contributed by atoms with Crippen LogP contribution >= 0.6 is 11.6 Å². The van der Waals surface area contributed by atoms with Crippen molar-refractivity contribution in [2.75, 3.05) is 19.6 Å². The Labute approximate surface area is 128 Å². The van der Waals surface area contributed by atoms with E-state index in [1.165, 1.54) is 4.90 Å². The predicted octanol–water partition coefficient (Wildman–Crippen LogP) is 4.02. The normalized spacial score (nSPS) is 19.7. The van der Waals surface area contributed by atoms with Crippen molar-refractivity contribution in [2.24, 2.45) is 0 Å². The Bertz CT molecular complexity index is 456. The van der Waals surface area contributed by atoms with Crippen LogP contribution in [-0.2, 0) is 0 Å². The van der Waals surface area contributed by atoms with Crippen molar-refractivity contribution < 1.29 is 13.2 Å². The number of halogens is 4. The number of hydrogen-bond donors (Lipinski definition) is 1. The fraction of sp³-hybridized carbons (Fsp3) is 0.600. The van der Waals surface area contributed by atoms with Gasteiger partial charge in [-0.05, 0) is 44.5 Å². The van der Waals surface area contributed by atoms with Gasteiger partial charge < -0.3 is 5.32 Å². The first-order chi connectivity index (χ1) is 9.85. The van der Waals surface area contributed by atoms with Crippen LogP contribution in [0.25, 0.3) is 0 Å². The van der Waals surface area contributed by atoms with Crippen LogP contribution in [0.2, 0.25) is 5.02 Å². The van der Waals surface area contributed by atoms with E-state index in [2.05, 4.69) is 5.32 Å². The molecule has 118 valence electrons. The first kappa shape index (κ1) is 16.6. The van der Waals surface area contributed by atoms with E-state index in [1.807, 2.05) is 31.2 Å². The van der Waals surface area contributed by atoms with Crippen LogP contribution in [0.3, 0.4) is 0 Å². The third-order valence-electron chi connectivity index (χ3n) is 3.85. The summed E-state index contributed by atoms with van der Waals surface area (Å²) in [6.45, 7) is 2.18. The number of piperidine rings is 1. The van der Waals surface area contributed by atoms with Gasteiger partial charge >= 0.3 is 6.18 Å². The predicted molar refractivity (Wildman–Crippen MR) is 78.5 cm³/mol. The van der Waals surface area contributed by atoms with Crippen LogP contribution in [0.4, 0.5) is 13.2 Å². The van der Waals surface area contributed by atoms with E-state index in [9.17, 15) is 13.2 Å². The van der Waals surface area contributed by atoms with Crippen molar-refractivity contribution >= 4 is 11.6 Å². The van der Waals surface area contributed by atoms with Gasteiger partial charge in [-0.1, -0.05) is 29.8 Å². The average molecular weight is 321 g/mol. The summed E-state index contributed by atoms with van der Waals surface area (Å²) >= 11 is 6.16. The molecular weight excluding hydrogens is 301 g/mol. The van der Waals surface area contributed by atoms with Crippen molar-refractivity contribution in [2.45, 2.75) is 38.0 Å². The number of hydrogen-bond acceptors (Lipinski definition) is 2. The molecule has 1 heterocycles. The standard InChI is InChI=1S/C15H20ClF3N2/c1-11(13-4-2-3-5-14(13)16)20-12-6-8-21(9-7-12)10-15(17,18)19/h2-5,11-12,20H,6-10H2,1H3/t11-/m1/s1. The quantitative estimate of drug-likeness (QED) is 0.901. The summed E-state index contributed by atoms with van der Waals surface area (Å²) in [7, 11) is 0. The molecule has 0 unspecified atom stereocenters. The highest BCUT2D eigenvalue weighted by atomic mass is 35.5. The SMILES string of the molecule is C[C@@H](NC1CCN(CC(F)(F)F)CC1)c1ccccc1Cl. The van der Waals surface area contributed by atoms with Gasteiger partial charge in [-0.15, -0.1) is 0 Å². The molecule has 2 nitrogen and oxygen atoms in total. The molecule has 2 rings (SSSR count). The van der Waals surface area contributed by atoms with Crippen molar-refractivity contribution in [3.05, 3.63) is 34.9 Å². The van der Waals surface area contributed by atoms with Crippen molar-refractivity contribution in [3.63, 3.8) is 0 Å². The molecule has 0 spiro atoms. The van der Waals surface area contributed by atoms with E-state index < -0.39 is 12.7 Å². The summed E-state index contributed by atoms with van der Waals surface area (Å²) in [5.74, 6) is 0. The Balaban J connectivity index is 1.82. The molecule has 1 fully saturated rings. The zero-order chi connectivity index (χ0) is 15.5. The number of likely N-dealkylation sites (tertiary alicyclic amines) is 1. The van der Waals surface area contributed by atoms with E-state index in [0.29, 0.717) is 18.1 Å². The van der Waals surface area contributed by atoms with Crippen molar-refractivity contribution in [1.82, 2.24) is 10.2 Å². The topological polar surface area (TPSA) is 15.3 Å². The third-order valence-corrected chi connectivity index (χ3v) is 4.19. The van der Waals surface area contributed by atoms with E-state index in [-0.39, 0.29) is 12.1 Å². The van der Waals surface area contributed by atoms with Gasteiger partial charge in [0.2, 0.25) is 0 Å². The van der Waals surface area contributed by atoms with Gasteiger partial charge in [-0.2, -0.15) is 13.2 Å². The molecule has 1 atom stereocenters. The Hall–Kier alpha value is -0.780. The summed E-state index contributed by atoms with van der Waals surface area (Å²) in [5, 5.41) is 4.18. The maximum absolute atomic E-state index is 12.3. The molecule has 1 N–H and O–H groups in total. The van der Waals surface area contributed by atoms with E-state index in [4.69, 9.17) is 11.6 Å². The summed E-state index contributed by atoms with van der Waals surface area (Å²) in [6, 6.07) is 7.97. The minimum atomic E-state index is -4.11. The third kappa shape index (κ3) is 5.16. The lowest BCUT2D eigenvalue weighted by atomic mass is 10.0. The van der Waals surface area contributed by atoms with Gasteiger partial charge in [0.1, 0.15) is 0 Å². The fourth-order valence-corrected chi connectivity index (χ4v) is 3.08. The van der Waals surface area contributed by atoms with E-state index >= 15 is 0 Å². The summed E-state index contributed by atoms with van der Waals surface area (Å²) in [4.78, 5) is 1.47. The van der Waals surface area contributed by atoms with Crippen molar-refractivity contribution in [1.29, 1.82) is 0 Å². The van der Waals surface area contributed by atoms with Crippen LogP contribution in [-0.4, -0.2) is 36.8 Å². The Morgan fingerprint density at radius 1 is 1.29 bits per heavy atom. The molecule has 1 aromatic rings. The van der Waals surface area contributed by atoms with Crippen LogP contribution in [0, 0.1) is 0 Å². The minimum Gasteiger partial charge on any atom is -0.307 e. The summed E-state index contributed by atoms with van der Waals surface area (Å²) < 4.78 is 37.0. The Kier molecular flexibility index (Phi) is 5.52. The van der Waals surface area contributed by atoms with Crippen molar-refractivity contribution in [3.8, 4) is 0 Å². The molecule has 0 aliphatic carbocycles. The fourth-order valence-electron chi connectivity index (χ4n) is 2.78. The number of nitrogens with zero attached hydrogens (tertiary/aromatic N) is 1. The molecular formula is C15H20ClF3N2. The lowest BCUT2D eigenvalue weighted by Gasteiger charge is -2.34. The Morgan fingerprint density at radius 3 is 2.48 bits per heavy atom. The number of nitrogens with one attached hydrogen (secondary N) is 1. The largest absolute Gasteiger partial charge is 0.401 e. The smallest absolute Gasteiger partial charge is 0.307 e. The van der Waals surface area contributed by atoms with Gasteiger partial charge in [-0.25, -0.2) is 0 Å². The molecule has 6 heteroatoms. The molecule has 21 heavy (non-hydrogen) atoms. The van der Waals surface area contributed by atoms with Crippen LogP contribution in [0.5, 0.6) is 0 Å². The maximum Gasteiger partial charge on any atom is 0.401 e. The highest BCUT2D eigenvalue weighted by Gasteiger charge is 2.32. The van der Waals surface area contributed by atoms with Crippen LogP contribution < -0.4 is 5.32 Å². The zero-order valence-corrected chi connectivity index (χ0v) is 12.7. The second kappa shape index (κ2) is 6.99. The van der Waals surface area contributed by atoms with Gasteiger partial charge in [0.25, 0.3) is 0 Å². The van der Waals surface area contributed by atoms with Gasteiger partial charge in [0.05, 0.1) is 6.54 Å². The maximum atomic E-state index is 12.3. The van der Waals surface area contributed by atoms with Crippen LogP contribution in [0.15, 0.2) is 24.3 Å². The first-order valence-corrected chi connectivity index (χ1v) is 7.52. The first-order valence-electron chi connectivity index (χ1n) is 7.15. The number of alkyl halides is 3. The van der Waals surface area contributed by atoms with E-state index in [0.717, 1.165) is 18.4 Å². The minimum absolute atomic E-state index is 0.0952. The van der Waals surface area contributed by atoms with E-state index in [1.54, 1.807) is 0 Å². The lowest BCUT2D eigenvalue weighted by molar-refractivity contribution is -0.148. The molecule has 0 saturated carbocycles. The summed E-state index contributed by atoms with van der Waals surface area (Å²) in [5.41, 5.74) is 1.02. The van der Waals surface area contributed by atoms with Gasteiger partial charge in [0, 0.05) is 17.1 Å². The second-order valence-corrected chi connectivity index (χ2v) is 5.98. The zero-order valence-electron chi connectivity index (χ0n) is 12.0. The van der Waals surface area contributed by atoms with Crippen LogP contribution in [0.1, 0.15) is 31.4 Å². The van der Waals surface area contributed by atoms with Gasteiger partial charge in [0.15, 0.2) is 0 Å². The molecule has 1 aliphatic heterocycles. The highest BCUT2D eigenvalue weighted by molar-refractivity contribution is 6.31. The number of benzene rings is 1. The molecule has 0 bridgehead atoms. The molecule has 1 saturated heterocycles. The monoisotopic (exact) mass is 320 g/mol. The molecule has 0 amide bonds. The average Bonchev–Trinajstić information content (AvgIpc) is 2.40. The summed E-state index contributed by atoms with van der Waals surface area (Å²) in [6.07, 6.45) is -2.65. The highest BCUT2D eigenvalue weighted by Crippen LogP contribution is 2.25. The van der Waals surface area contributed by atoms with Gasteiger partial charge in [-0.3, -0.25) is 4.90 Å².